The summed E-state index contributed by atoms with van der Waals surface area (Å²) in [6.07, 6.45) is 4.19. The SMILES string of the molecule is O=C(NCc1ccc(C2CCN(c3ccc(OCC4CC4(F)F)cc3)CC2)cc1)C1CC1. The molecular weight excluding hydrogens is 410 g/mol. The van der Waals surface area contributed by atoms with Gasteiger partial charge in [0.05, 0.1) is 12.5 Å². The van der Waals surface area contributed by atoms with E-state index in [1.54, 1.807) is 0 Å². The van der Waals surface area contributed by atoms with Crippen LogP contribution in [0.3, 0.4) is 0 Å². The molecule has 1 N–H and O–H groups in total. The number of ether oxygens (including phenoxy) is 1. The number of rotatable bonds is 8. The molecule has 0 radical (unpaired) electrons. The predicted molar refractivity (Wildman–Crippen MR) is 120 cm³/mol. The fraction of sp³-hybridized carbons (Fsp3) is 0.500. The van der Waals surface area contributed by atoms with Gasteiger partial charge in [0.1, 0.15) is 5.75 Å². The van der Waals surface area contributed by atoms with Crippen molar-refractivity contribution in [2.75, 3.05) is 24.6 Å². The Kier molecular flexibility index (Phi) is 5.78. The standard InChI is InChI=1S/C26H30F2N2O2/c27-26(28)15-22(26)17-32-24-9-7-23(8-10-24)30-13-11-20(12-14-30)19-3-1-18(2-4-19)16-29-25(31)21-5-6-21/h1-4,7-10,20-22H,5-6,11-17H2,(H,29,31). The summed E-state index contributed by atoms with van der Waals surface area (Å²) >= 11 is 0. The van der Waals surface area contributed by atoms with Crippen LogP contribution in [-0.4, -0.2) is 31.5 Å². The summed E-state index contributed by atoms with van der Waals surface area (Å²) in [5.74, 6) is -1.53. The van der Waals surface area contributed by atoms with Gasteiger partial charge in [-0.15, -0.1) is 0 Å². The molecule has 1 saturated heterocycles. The maximum atomic E-state index is 13.0. The second-order valence-corrected chi connectivity index (χ2v) is 9.46. The Morgan fingerprint density at radius 1 is 1.00 bits per heavy atom. The fourth-order valence-electron chi connectivity index (χ4n) is 4.46. The maximum absolute atomic E-state index is 13.0. The van der Waals surface area contributed by atoms with Gasteiger partial charge < -0.3 is 15.0 Å². The van der Waals surface area contributed by atoms with Crippen LogP contribution in [0.15, 0.2) is 48.5 Å². The van der Waals surface area contributed by atoms with Crippen LogP contribution in [0.5, 0.6) is 5.75 Å². The predicted octanol–water partition coefficient (Wildman–Crippen LogP) is 5.13. The molecule has 5 rings (SSSR count). The lowest BCUT2D eigenvalue weighted by atomic mass is 9.89. The number of hydrogen-bond donors (Lipinski definition) is 1. The van der Waals surface area contributed by atoms with Gasteiger partial charge in [-0.05, 0) is 67.0 Å². The summed E-state index contributed by atoms with van der Waals surface area (Å²) in [4.78, 5) is 14.2. The van der Waals surface area contributed by atoms with E-state index >= 15 is 0 Å². The van der Waals surface area contributed by atoms with Gasteiger partial charge in [0.15, 0.2) is 0 Å². The van der Waals surface area contributed by atoms with Crippen LogP contribution < -0.4 is 15.0 Å². The number of piperidine rings is 1. The lowest BCUT2D eigenvalue weighted by Crippen LogP contribution is -2.32. The van der Waals surface area contributed by atoms with Crippen LogP contribution in [0.2, 0.25) is 0 Å². The topological polar surface area (TPSA) is 41.6 Å². The Hall–Kier alpha value is -2.63. The van der Waals surface area contributed by atoms with Crippen molar-refractivity contribution in [3.05, 3.63) is 59.7 Å². The van der Waals surface area contributed by atoms with Crippen LogP contribution in [-0.2, 0) is 11.3 Å². The molecule has 1 unspecified atom stereocenters. The van der Waals surface area contributed by atoms with Gasteiger partial charge in [-0.1, -0.05) is 24.3 Å². The highest BCUT2D eigenvalue weighted by molar-refractivity contribution is 5.80. The van der Waals surface area contributed by atoms with E-state index in [0.717, 1.165) is 50.0 Å². The summed E-state index contributed by atoms with van der Waals surface area (Å²) in [5, 5.41) is 3.02. The van der Waals surface area contributed by atoms with Gasteiger partial charge in [0.25, 0.3) is 5.92 Å². The third-order valence-electron chi connectivity index (χ3n) is 6.97. The molecule has 1 atom stereocenters. The quantitative estimate of drug-likeness (QED) is 0.619. The van der Waals surface area contributed by atoms with E-state index in [2.05, 4.69) is 34.5 Å². The van der Waals surface area contributed by atoms with Crippen molar-refractivity contribution in [3.63, 3.8) is 0 Å². The molecule has 6 heteroatoms. The Labute approximate surface area is 187 Å². The molecule has 0 aromatic heterocycles. The maximum Gasteiger partial charge on any atom is 0.255 e. The lowest BCUT2D eigenvalue weighted by Gasteiger charge is -2.34. The van der Waals surface area contributed by atoms with Gasteiger partial charge in [-0.25, -0.2) is 8.78 Å². The number of anilines is 1. The minimum atomic E-state index is -2.53. The molecule has 1 amide bonds. The number of benzene rings is 2. The molecule has 3 aliphatic rings. The molecule has 0 spiro atoms. The van der Waals surface area contributed by atoms with Crippen molar-refractivity contribution in [1.82, 2.24) is 5.32 Å². The highest BCUT2D eigenvalue weighted by atomic mass is 19.3. The van der Waals surface area contributed by atoms with Crippen LogP contribution in [0.4, 0.5) is 14.5 Å². The molecule has 0 bridgehead atoms. The van der Waals surface area contributed by atoms with Crippen molar-refractivity contribution in [1.29, 1.82) is 0 Å². The summed E-state index contributed by atoms with van der Waals surface area (Å²) in [5.41, 5.74) is 3.66. The number of carbonyl (C=O) groups excluding carboxylic acids is 1. The lowest BCUT2D eigenvalue weighted by molar-refractivity contribution is -0.122. The second kappa shape index (κ2) is 8.72. The summed E-state index contributed by atoms with van der Waals surface area (Å²) in [6.45, 7) is 2.66. The third kappa shape index (κ3) is 5.05. The summed E-state index contributed by atoms with van der Waals surface area (Å²) < 4.78 is 31.5. The number of alkyl halides is 2. The molecule has 2 aliphatic carbocycles. The molecular formula is C26H30F2N2O2. The minimum absolute atomic E-state index is 0.0558. The van der Waals surface area contributed by atoms with E-state index in [-0.39, 0.29) is 24.9 Å². The van der Waals surface area contributed by atoms with Crippen molar-refractivity contribution in [2.45, 2.75) is 50.5 Å². The average Bonchev–Trinajstić information content (AvgIpc) is 3.74. The van der Waals surface area contributed by atoms with Crippen LogP contribution in [0, 0.1) is 11.8 Å². The van der Waals surface area contributed by atoms with Crippen LogP contribution in [0.25, 0.3) is 0 Å². The first-order valence-electron chi connectivity index (χ1n) is 11.7. The van der Waals surface area contributed by atoms with Crippen molar-refractivity contribution in [2.24, 2.45) is 11.8 Å². The van der Waals surface area contributed by atoms with E-state index < -0.39 is 11.8 Å². The normalized spacial score (nSPS) is 22.4. The Balaban J connectivity index is 1.08. The molecule has 4 nitrogen and oxygen atoms in total. The van der Waals surface area contributed by atoms with Crippen molar-refractivity contribution < 1.29 is 18.3 Å². The third-order valence-corrected chi connectivity index (χ3v) is 6.97. The number of hydrogen-bond acceptors (Lipinski definition) is 3. The molecule has 2 saturated carbocycles. The van der Waals surface area contributed by atoms with Gasteiger partial charge in [-0.2, -0.15) is 0 Å². The molecule has 1 heterocycles. The first kappa shape index (κ1) is 21.2. The first-order chi connectivity index (χ1) is 15.5. The van der Waals surface area contributed by atoms with E-state index in [4.69, 9.17) is 4.74 Å². The minimum Gasteiger partial charge on any atom is -0.493 e. The van der Waals surface area contributed by atoms with Gasteiger partial charge in [0, 0.05) is 37.7 Å². The van der Waals surface area contributed by atoms with Gasteiger partial charge in [0.2, 0.25) is 5.91 Å². The molecule has 32 heavy (non-hydrogen) atoms. The largest absolute Gasteiger partial charge is 0.493 e. The highest BCUT2D eigenvalue weighted by Gasteiger charge is 2.57. The number of nitrogens with one attached hydrogen (secondary N) is 1. The zero-order chi connectivity index (χ0) is 22.1. The summed E-state index contributed by atoms with van der Waals surface area (Å²) in [7, 11) is 0. The monoisotopic (exact) mass is 440 g/mol. The van der Waals surface area contributed by atoms with Gasteiger partial charge in [-0.3, -0.25) is 4.79 Å². The van der Waals surface area contributed by atoms with E-state index in [1.165, 1.54) is 5.56 Å². The zero-order valence-corrected chi connectivity index (χ0v) is 18.2. The first-order valence-corrected chi connectivity index (χ1v) is 11.7. The average molecular weight is 441 g/mol. The molecule has 2 aromatic carbocycles. The Bertz CT molecular complexity index is 933. The zero-order valence-electron chi connectivity index (χ0n) is 18.2. The number of carbonyl (C=O) groups is 1. The highest BCUT2D eigenvalue weighted by Crippen LogP contribution is 2.48. The van der Waals surface area contributed by atoms with Crippen molar-refractivity contribution >= 4 is 11.6 Å². The molecule has 170 valence electrons. The number of halogens is 2. The molecule has 3 fully saturated rings. The summed E-state index contributed by atoms with van der Waals surface area (Å²) in [6, 6.07) is 16.5. The smallest absolute Gasteiger partial charge is 0.255 e. The van der Waals surface area contributed by atoms with Crippen LogP contribution in [0.1, 0.15) is 49.1 Å². The van der Waals surface area contributed by atoms with Gasteiger partial charge >= 0.3 is 0 Å². The van der Waals surface area contributed by atoms with Crippen molar-refractivity contribution in [3.8, 4) is 5.75 Å². The van der Waals surface area contributed by atoms with E-state index in [1.807, 2.05) is 24.3 Å². The Morgan fingerprint density at radius 2 is 1.66 bits per heavy atom. The van der Waals surface area contributed by atoms with Crippen LogP contribution >= 0.6 is 0 Å². The van der Waals surface area contributed by atoms with E-state index in [9.17, 15) is 13.6 Å². The fourth-order valence-corrected chi connectivity index (χ4v) is 4.46. The Morgan fingerprint density at radius 3 is 2.25 bits per heavy atom. The molecule has 1 aliphatic heterocycles. The molecule has 2 aromatic rings. The van der Waals surface area contributed by atoms with E-state index in [0.29, 0.717) is 18.2 Å². The number of nitrogens with zero attached hydrogens (tertiary/aromatic N) is 1. The number of amides is 1. The second-order valence-electron chi connectivity index (χ2n) is 9.46.